The molecule has 3 nitrogen and oxygen atoms in total. The van der Waals surface area contributed by atoms with Gasteiger partial charge in [-0.15, -0.1) is 0 Å². The van der Waals surface area contributed by atoms with Crippen LogP contribution in [0.1, 0.15) is 13.8 Å². The molecule has 0 amide bonds. The van der Waals surface area contributed by atoms with E-state index in [2.05, 4.69) is 7.05 Å². The predicted molar refractivity (Wildman–Crippen MR) is 49.9 cm³/mol. The zero-order valence-electron chi connectivity index (χ0n) is 8.21. The van der Waals surface area contributed by atoms with Crippen LogP contribution in [0.15, 0.2) is 0 Å². The Labute approximate surface area is 75.6 Å². The van der Waals surface area contributed by atoms with Gasteiger partial charge in [-0.3, -0.25) is 4.90 Å². The molecule has 3 heteroatoms. The molecule has 0 spiro atoms. The van der Waals surface area contributed by atoms with Crippen LogP contribution >= 0.6 is 0 Å². The highest BCUT2D eigenvalue weighted by atomic mass is 16.5. The first-order valence-corrected chi connectivity index (χ1v) is 4.52. The Kier molecular flexibility index (Phi) is 8.88. The Hall–Kier alpha value is -0.120. The van der Waals surface area contributed by atoms with Crippen LogP contribution in [0.5, 0.6) is 0 Å². The second kappa shape index (κ2) is 8.97. The summed E-state index contributed by atoms with van der Waals surface area (Å²) in [6.45, 7) is 8.81. The summed E-state index contributed by atoms with van der Waals surface area (Å²) in [6, 6.07) is 0. The van der Waals surface area contributed by atoms with Crippen LogP contribution in [-0.2, 0) is 9.47 Å². The molecule has 73 valence electrons. The molecular formula is C9H20NO2. The van der Waals surface area contributed by atoms with Crippen molar-refractivity contribution in [3.8, 4) is 0 Å². The normalized spacial score (nSPS) is 11.0. The first-order chi connectivity index (χ1) is 5.81. The summed E-state index contributed by atoms with van der Waals surface area (Å²) in [5, 5.41) is 0. The van der Waals surface area contributed by atoms with Crippen molar-refractivity contribution in [1.29, 1.82) is 0 Å². The van der Waals surface area contributed by atoms with Crippen LogP contribution < -0.4 is 0 Å². The Morgan fingerprint density at radius 1 is 1.00 bits per heavy atom. The molecule has 0 fully saturated rings. The fourth-order valence-corrected chi connectivity index (χ4v) is 0.788. The summed E-state index contributed by atoms with van der Waals surface area (Å²) in [7, 11) is 3.85. The maximum Gasteiger partial charge on any atom is 0.0593 e. The van der Waals surface area contributed by atoms with E-state index in [1.54, 1.807) is 0 Å². The van der Waals surface area contributed by atoms with Crippen molar-refractivity contribution < 1.29 is 9.47 Å². The van der Waals surface area contributed by atoms with Gasteiger partial charge < -0.3 is 9.47 Å². The third-order valence-corrected chi connectivity index (χ3v) is 1.51. The van der Waals surface area contributed by atoms with Crippen molar-refractivity contribution in [1.82, 2.24) is 4.90 Å². The monoisotopic (exact) mass is 174 g/mol. The van der Waals surface area contributed by atoms with Crippen molar-refractivity contribution in [3.05, 3.63) is 7.05 Å². The highest BCUT2D eigenvalue weighted by molar-refractivity contribution is 4.53. The smallest absolute Gasteiger partial charge is 0.0593 e. The van der Waals surface area contributed by atoms with Crippen LogP contribution in [0.4, 0.5) is 0 Å². The van der Waals surface area contributed by atoms with Gasteiger partial charge in [-0.05, 0) is 13.8 Å². The molecule has 0 aliphatic rings. The molecule has 0 aromatic carbocycles. The molecule has 0 N–H and O–H groups in total. The van der Waals surface area contributed by atoms with Gasteiger partial charge in [0, 0.05) is 33.4 Å². The van der Waals surface area contributed by atoms with Crippen molar-refractivity contribution in [2.24, 2.45) is 0 Å². The minimum Gasteiger partial charge on any atom is -0.380 e. The standard InChI is InChI=1S/C9H20NO2/c1-4-11-8-6-10(3)7-9-12-5-2/h3-9H2,1-2H3. The second-order valence-electron chi connectivity index (χ2n) is 2.51. The van der Waals surface area contributed by atoms with Gasteiger partial charge in [0.05, 0.1) is 13.2 Å². The summed E-state index contributed by atoms with van der Waals surface area (Å²) in [5.74, 6) is 0. The Balaban J connectivity index is 3.04. The first kappa shape index (κ1) is 11.9. The van der Waals surface area contributed by atoms with Gasteiger partial charge in [0.2, 0.25) is 0 Å². The molecule has 0 bridgehead atoms. The van der Waals surface area contributed by atoms with E-state index in [-0.39, 0.29) is 0 Å². The lowest BCUT2D eigenvalue weighted by Crippen LogP contribution is -2.25. The van der Waals surface area contributed by atoms with Gasteiger partial charge in [0.25, 0.3) is 0 Å². The van der Waals surface area contributed by atoms with Gasteiger partial charge in [-0.2, -0.15) is 0 Å². The fraction of sp³-hybridized carbons (Fsp3) is 0.889. The summed E-state index contributed by atoms with van der Waals surface area (Å²) < 4.78 is 10.4. The maximum absolute atomic E-state index is 5.19. The van der Waals surface area contributed by atoms with E-state index in [4.69, 9.17) is 9.47 Å². The quantitative estimate of drug-likeness (QED) is 0.515. The summed E-state index contributed by atoms with van der Waals surface area (Å²) in [5.41, 5.74) is 0. The lowest BCUT2D eigenvalue weighted by Gasteiger charge is -2.15. The summed E-state index contributed by atoms with van der Waals surface area (Å²) in [4.78, 5) is 1.96. The van der Waals surface area contributed by atoms with Crippen LogP contribution in [0, 0.1) is 7.05 Å². The van der Waals surface area contributed by atoms with Gasteiger partial charge in [0.1, 0.15) is 0 Å². The van der Waals surface area contributed by atoms with E-state index < -0.39 is 0 Å². The third-order valence-electron chi connectivity index (χ3n) is 1.51. The zero-order chi connectivity index (χ0) is 9.23. The third kappa shape index (κ3) is 7.98. The molecular weight excluding hydrogens is 154 g/mol. The second-order valence-corrected chi connectivity index (χ2v) is 2.51. The van der Waals surface area contributed by atoms with Crippen LogP contribution in [0.3, 0.4) is 0 Å². The van der Waals surface area contributed by atoms with E-state index >= 15 is 0 Å². The zero-order valence-corrected chi connectivity index (χ0v) is 8.21. The Morgan fingerprint density at radius 3 is 1.75 bits per heavy atom. The van der Waals surface area contributed by atoms with Crippen LogP contribution in [0.25, 0.3) is 0 Å². The SMILES string of the molecule is [CH2]N(CCOCC)CCOCC. The topological polar surface area (TPSA) is 21.7 Å². The van der Waals surface area contributed by atoms with E-state index in [1.165, 1.54) is 0 Å². The maximum atomic E-state index is 5.19. The minimum absolute atomic E-state index is 0.756. The predicted octanol–water partition coefficient (Wildman–Crippen LogP) is 1.15. The highest BCUT2D eigenvalue weighted by Gasteiger charge is 1.96. The Morgan fingerprint density at radius 2 is 1.42 bits per heavy atom. The molecule has 0 saturated carbocycles. The number of rotatable bonds is 8. The van der Waals surface area contributed by atoms with Crippen LogP contribution in [-0.4, -0.2) is 44.4 Å². The van der Waals surface area contributed by atoms with E-state index in [0.717, 1.165) is 39.5 Å². The lowest BCUT2D eigenvalue weighted by atomic mass is 10.5. The molecule has 0 unspecified atom stereocenters. The minimum atomic E-state index is 0.756. The average molecular weight is 174 g/mol. The van der Waals surface area contributed by atoms with E-state index in [1.807, 2.05) is 18.7 Å². The van der Waals surface area contributed by atoms with Crippen molar-refractivity contribution in [2.45, 2.75) is 13.8 Å². The van der Waals surface area contributed by atoms with Crippen molar-refractivity contribution in [3.63, 3.8) is 0 Å². The van der Waals surface area contributed by atoms with E-state index in [0.29, 0.717) is 0 Å². The molecule has 0 saturated heterocycles. The summed E-state index contributed by atoms with van der Waals surface area (Å²) >= 11 is 0. The number of nitrogens with zero attached hydrogens (tertiary/aromatic N) is 1. The lowest BCUT2D eigenvalue weighted by molar-refractivity contribution is 0.0995. The highest BCUT2D eigenvalue weighted by Crippen LogP contribution is 1.86. The average Bonchev–Trinajstić information content (AvgIpc) is 2.06. The Bertz CT molecular complexity index is 78.6. The molecule has 0 rings (SSSR count). The fourth-order valence-electron chi connectivity index (χ4n) is 0.788. The molecule has 0 aliphatic heterocycles. The van der Waals surface area contributed by atoms with Gasteiger partial charge in [-0.1, -0.05) is 0 Å². The molecule has 0 aliphatic carbocycles. The van der Waals surface area contributed by atoms with Gasteiger partial charge in [-0.25, -0.2) is 0 Å². The molecule has 0 atom stereocenters. The first-order valence-electron chi connectivity index (χ1n) is 4.52. The van der Waals surface area contributed by atoms with Gasteiger partial charge in [0.15, 0.2) is 0 Å². The van der Waals surface area contributed by atoms with Crippen molar-refractivity contribution in [2.75, 3.05) is 39.5 Å². The summed E-state index contributed by atoms with van der Waals surface area (Å²) in [6.07, 6.45) is 0. The van der Waals surface area contributed by atoms with E-state index in [9.17, 15) is 0 Å². The van der Waals surface area contributed by atoms with Gasteiger partial charge >= 0.3 is 0 Å². The number of hydrogen-bond donors (Lipinski definition) is 0. The largest absolute Gasteiger partial charge is 0.380 e. The molecule has 0 aromatic rings. The number of ether oxygens (including phenoxy) is 2. The molecule has 0 aromatic heterocycles. The number of hydrogen-bond acceptors (Lipinski definition) is 3. The molecule has 1 radical (unpaired) electrons. The van der Waals surface area contributed by atoms with Crippen molar-refractivity contribution >= 4 is 0 Å². The van der Waals surface area contributed by atoms with Crippen LogP contribution in [0.2, 0.25) is 0 Å². The molecule has 12 heavy (non-hydrogen) atoms. The molecule has 0 heterocycles.